The second-order valence-corrected chi connectivity index (χ2v) is 19.2. The van der Waals surface area contributed by atoms with E-state index in [1.165, 1.54) is 7.05 Å². The molecule has 5 fully saturated rings. The highest BCUT2D eigenvalue weighted by molar-refractivity contribution is 6.33. The van der Waals surface area contributed by atoms with E-state index < -0.39 is 29.7 Å². The van der Waals surface area contributed by atoms with Crippen LogP contribution in [0.3, 0.4) is 0 Å². The van der Waals surface area contributed by atoms with Gasteiger partial charge in [0.1, 0.15) is 11.1 Å². The number of likely N-dealkylation sites (tertiary alicyclic amines) is 1. The number of amides is 5. The summed E-state index contributed by atoms with van der Waals surface area (Å²) in [5.74, 6) is -1.17. The third kappa shape index (κ3) is 8.12. The summed E-state index contributed by atoms with van der Waals surface area (Å²) in [4.78, 5) is 93.3. The summed E-state index contributed by atoms with van der Waals surface area (Å²) in [5.41, 5.74) is 2.84. The van der Waals surface area contributed by atoms with Crippen LogP contribution in [-0.4, -0.2) is 131 Å². The number of hydrogen-bond acceptors (Lipinski definition) is 14. The van der Waals surface area contributed by atoms with E-state index in [-0.39, 0.29) is 60.3 Å². The zero-order chi connectivity index (χ0) is 46.0. The van der Waals surface area contributed by atoms with Gasteiger partial charge in [-0.15, -0.1) is 0 Å². The Bertz CT molecular complexity index is 2710. The van der Waals surface area contributed by atoms with E-state index in [1.54, 1.807) is 29.0 Å². The van der Waals surface area contributed by atoms with E-state index in [0.717, 1.165) is 92.9 Å². The van der Waals surface area contributed by atoms with Gasteiger partial charge in [0.05, 0.1) is 35.0 Å². The van der Waals surface area contributed by atoms with Crippen LogP contribution in [0, 0.1) is 5.41 Å². The zero-order valence-electron chi connectivity index (χ0n) is 37.2. The third-order valence-electron chi connectivity index (χ3n) is 14.2. The molecule has 0 unspecified atom stereocenters. The van der Waals surface area contributed by atoms with Gasteiger partial charge in [0, 0.05) is 87.0 Å². The summed E-state index contributed by atoms with van der Waals surface area (Å²) >= 11 is 6.60. The van der Waals surface area contributed by atoms with Crippen LogP contribution in [0.5, 0.6) is 5.75 Å². The number of carbonyl (C=O) groups is 5. The van der Waals surface area contributed by atoms with Gasteiger partial charge in [-0.25, -0.2) is 4.98 Å². The summed E-state index contributed by atoms with van der Waals surface area (Å²) < 4.78 is 13.9. The number of ether oxygens (including phenoxy) is 2. The third-order valence-corrected chi connectivity index (χ3v) is 14.4. The smallest absolute Gasteiger partial charge is 0.293 e. The van der Waals surface area contributed by atoms with Crippen molar-refractivity contribution in [3.63, 3.8) is 0 Å². The van der Waals surface area contributed by atoms with Gasteiger partial charge in [-0.05, 0) is 94.8 Å². The maximum Gasteiger partial charge on any atom is 0.293 e. The number of piperidine rings is 2. The average Bonchev–Trinajstić information content (AvgIpc) is 3.83. The molecular formula is C47H53ClN10O8. The minimum Gasteiger partial charge on any atom is -0.478 e. The van der Waals surface area contributed by atoms with E-state index in [1.807, 2.05) is 38.1 Å². The lowest BCUT2D eigenvalue weighted by molar-refractivity contribution is -0.136. The van der Waals surface area contributed by atoms with Crippen molar-refractivity contribution < 1.29 is 33.4 Å². The van der Waals surface area contributed by atoms with Crippen molar-refractivity contribution in [3.05, 3.63) is 75.2 Å². The zero-order valence-corrected chi connectivity index (χ0v) is 37.9. The van der Waals surface area contributed by atoms with Crippen molar-refractivity contribution in [1.82, 2.24) is 35.0 Å². The number of hydrogen-bond donors (Lipinski definition) is 3. The molecule has 10 rings (SSSR count). The number of likely N-dealkylation sites (N-methyl/N-ethyl adjacent to an activating group) is 1. The summed E-state index contributed by atoms with van der Waals surface area (Å²) in [6, 6.07) is 12.1. The Balaban J connectivity index is 0.689. The first-order chi connectivity index (χ1) is 31.8. The standard InChI is InChI=1S/C47H53ClN10O8/c1-26(2)57-36-7-4-28(16-27(36)17-38(45(57)64)65-22-40(60)49-3)51-41-35(48)21-50-46(53-41)54-13-10-31(11-14-54)66-32-18-30(19-32)56-24-47(25-56)12-15-55(23-47)29-5-6-33-34(20-29)44(63)58(43(33)62)37-8-9-39(59)52-42(37)61/h4-7,16-17,20-21,26,30-32,37H,8-15,18-19,22-25H2,1-3H3,(H,49,60)(H,50,51,53)(H,52,59,61)/t30?,32?,37-/m1/s1. The maximum atomic E-state index is 13.4. The van der Waals surface area contributed by atoms with Crippen molar-refractivity contribution in [2.24, 2.45) is 5.41 Å². The number of nitrogens with one attached hydrogen (secondary N) is 3. The molecule has 6 aliphatic rings. The fourth-order valence-electron chi connectivity index (χ4n) is 10.5. The maximum absolute atomic E-state index is 13.4. The van der Waals surface area contributed by atoms with E-state index in [2.05, 4.69) is 35.6 Å². The molecule has 5 amide bonds. The molecule has 3 N–H and O–H groups in total. The largest absolute Gasteiger partial charge is 0.478 e. The van der Waals surface area contributed by atoms with Gasteiger partial charge >= 0.3 is 0 Å². The Kier molecular flexibility index (Phi) is 11.5. The van der Waals surface area contributed by atoms with Gasteiger partial charge in [0.2, 0.25) is 17.8 Å². The van der Waals surface area contributed by atoms with Crippen LogP contribution in [0.1, 0.15) is 85.6 Å². The molecule has 19 heteroatoms. The number of aromatic nitrogens is 3. The monoisotopic (exact) mass is 920 g/mol. The summed E-state index contributed by atoms with van der Waals surface area (Å²) in [7, 11) is 1.51. The van der Waals surface area contributed by atoms with Gasteiger partial charge < -0.3 is 34.5 Å². The molecule has 18 nitrogen and oxygen atoms in total. The van der Waals surface area contributed by atoms with Crippen LogP contribution < -0.4 is 36.0 Å². The van der Waals surface area contributed by atoms with Crippen molar-refractivity contribution in [3.8, 4) is 5.75 Å². The quantitative estimate of drug-likeness (QED) is 0.172. The molecule has 0 radical (unpaired) electrons. The van der Waals surface area contributed by atoms with E-state index in [4.69, 9.17) is 26.1 Å². The number of halogens is 1. The molecule has 5 aliphatic heterocycles. The molecule has 66 heavy (non-hydrogen) atoms. The Morgan fingerprint density at radius 3 is 2.44 bits per heavy atom. The number of pyridine rings is 1. The molecule has 4 aromatic rings. The van der Waals surface area contributed by atoms with Crippen molar-refractivity contribution >= 4 is 75.2 Å². The summed E-state index contributed by atoms with van der Waals surface area (Å²) in [6.45, 7) is 8.88. The molecule has 7 heterocycles. The molecule has 4 saturated heterocycles. The summed E-state index contributed by atoms with van der Waals surface area (Å²) in [5, 5.41) is 9.21. The molecule has 1 aliphatic carbocycles. The first-order valence-corrected chi connectivity index (χ1v) is 23.2. The van der Waals surface area contributed by atoms with Crippen molar-refractivity contribution in [2.45, 2.75) is 89.1 Å². The minimum absolute atomic E-state index is 0.0892. The number of fused-ring (bicyclic) bond motifs is 2. The van der Waals surface area contributed by atoms with E-state index in [9.17, 15) is 28.8 Å². The van der Waals surface area contributed by atoms with Crippen LogP contribution in [0.15, 0.2) is 53.5 Å². The van der Waals surface area contributed by atoms with Crippen LogP contribution >= 0.6 is 11.6 Å². The van der Waals surface area contributed by atoms with Crippen LogP contribution in [0.2, 0.25) is 5.02 Å². The Morgan fingerprint density at radius 2 is 1.70 bits per heavy atom. The topological polar surface area (TPSA) is 201 Å². The lowest BCUT2D eigenvalue weighted by atomic mass is 9.74. The lowest BCUT2D eigenvalue weighted by Gasteiger charge is -2.56. The van der Waals surface area contributed by atoms with Gasteiger partial charge in [-0.3, -0.25) is 43.9 Å². The van der Waals surface area contributed by atoms with Crippen molar-refractivity contribution in [1.29, 1.82) is 0 Å². The van der Waals surface area contributed by atoms with E-state index in [0.29, 0.717) is 39.6 Å². The number of nitrogens with zero attached hydrogens (tertiary/aromatic N) is 7. The molecule has 2 aromatic carbocycles. The highest BCUT2D eigenvalue weighted by Gasteiger charge is 2.52. The highest BCUT2D eigenvalue weighted by atomic mass is 35.5. The minimum atomic E-state index is -0.977. The first kappa shape index (κ1) is 43.8. The van der Waals surface area contributed by atoms with Gasteiger partial charge in [0.15, 0.2) is 18.2 Å². The molecule has 1 atom stereocenters. The highest BCUT2D eigenvalue weighted by Crippen LogP contribution is 2.46. The predicted molar refractivity (Wildman–Crippen MR) is 246 cm³/mol. The molecule has 1 spiro atoms. The van der Waals surface area contributed by atoms with Gasteiger partial charge in [-0.1, -0.05) is 11.6 Å². The Labute approximate surface area is 385 Å². The van der Waals surface area contributed by atoms with Crippen LogP contribution in [-0.2, 0) is 19.1 Å². The molecule has 2 aromatic heterocycles. The number of carbonyl (C=O) groups excluding carboxylic acids is 5. The van der Waals surface area contributed by atoms with Crippen molar-refractivity contribution in [2.75, 3.05) is 68.0 Å². The van der Waals surface area contributed by atoms with Crippen LogP contribution in [0.4, 0.5) is 23.1 Å². The Hall–Kier alpha value is -6.11. The molecule has 346 valence electrons. The molecule has 1 saturated carbocycles. The second-order valence-electron chi connectivity index (χ2n) is 18.8. The van der Waals surface area contributed by atoms with Gasteiger partial charge in [-0.2, -0.15) is 4.98 Å². The fraction of sp³-hybridized carbons (Fsp3) is 0.489. The normalized spacial score (nSPS) is 23.0. The number of imide groups is 2. The van der Waals surface area contributed by atoms with E-state index >= 15 is 0 Å². The number of rotatable bonds is 12. The molecular weight excluding hydrogens is 868 g/mol. The fourth-order valence-corrected chi connectivity index (χ4v) is 10.7. The SMILES string of the molecule is CNC(=O)COc1cc2cc(Nc3nc(N4CCC(OC5CC(N6CC7(CCN(c8ccc9c(c8)C(=O)N([C@@H]8CCC(=O)NC8=O)C9=O)C7)C6)C5)CC4)ncc3Cl)ccc2n(C(C)C)c1=O. The first-order valence-electron chi connectivity index (χ1n) is 22.8. The summed E-state index contributed by atoms with van der Waals surface area (Å²) in [6.07, 6.45) is 7.07. The predicted octanol–water partition coefficient (Wildman–Crippen LogP) is 4.02. The number of anilines is 4. The van der Waals surface area contributed by atoms with Crippen LogP contribution in [0.25, 0.3) is 10.9 Å². The Morgan fingerprint density at radius 1 is 0.924 bits per heavy atom. The second kappa shape index (κ2) is 17.3. The molecule has 0 bridgehead atoms. The lowest BCUT2D eigenvalue weighted by Crippen LogP contribution is -2.64. The van der Waals surface area contributed by atoms with Gasteiger partial charge in [0.25, 0.3) is 23.3 Å². The average molecular weight is 921 g/mol. The number of benzene rings is 2.